The molecule has 0 aliphatic carbocycles. The van der Waals surface area contributed by atoms with Gasteiger partial charge in [-0.15, -0.1) is 0 Å². The van der Waals surface area contributed by atoms with Gasteiger partial charge in [-0.1, -0.05) is 13.8 Å². The van der Waals surface area contributed by atoms with Gasteiger partial charge in [0.15, 0.2) is 34.9 Å². The zero-order chi connectivity index (χ0) is 16.6. The minimum atomic E-state index is -2.18. The highest BCUT2D eigenvalue weighted by Gasteiger charge is 2.40. The van der Waals surface area contributed by atoms with Gasteiger partial charge in [-0.3, -0.25) is 4.99 Å². The molecule has 0 atom stereocenters. The van der Waals surface area contributed by atoms with Crippen molar-refractivity contribution < 1.29 is 26.3 Å². The SMILES string of the molecule is CC1=Nc2c(F)c(F)c3c(F)c(F)c(F)c(F)c3c2C1(C)C. The zero-order valence-electron chi connectivity index (χ0n) is 11.7. The lowest BCUT2D eigenvalue weighted by molar-refractivity contribution is 0.414. The summed E-state index contributed by atoms with van der Waals surface area (Å²) in [7, 11) is 0. The van der Waals surface area contributed by atoms with Crippen molar-refractivity contribution in [1.82, 2.24) is 0 Å². The van der Waals surface area contributed by atoms with Gasteiger partial charge in [-0.25, -0.2) is 26.3 Å². The number of halogens is 6. The first-order valence-corrected chi connectivity index (χ1v) is 6.33. The topological polar surface area (TPSA) is 12.4 Å². The van der Waals surface area contributed by atoms with Crippen molar-refractivity contribution in [2.75, 3.05) is 0 Å². The van der Waals surface area contributed by atoms with Crippen LogP contribution in [0.1, 0.15) is 26.3 Å². The summed E-state index contributed by atoms with van der Waals surface area (Å²) in [6, 6.07) is 0. The van der Waals surface area contributed by atoms with Crippen LogP contribution in [0.25, 0.3) is 10.8 Å². The van der Waals surface area contributed by atoms with E-state index < -0.39 is 56.8 Å². The summed E-state index contributed by atoms with van der Waals surface area (Å²) >= 11 is 0. The number of hydrogen-bond donors (Lipinski definition) is 0. The van der Waals surface area contributed by atoms with Crippen LogP contribution < -0.4 is 0 Å². The molecule has 0 fully saturated rings. The van der Waals surface area contributed by atoms with Crippen LogP contribution >= 0.6 is 0 Å². The Morgan fingerprint density at radius 1 is 0.682 bits per heavy atom. The Bertz CT molecular complexity index is 882. The van der Waals surface area contributed by atoms with E-state index in [-0.39, 0.29) is 5.56 Å². The highest BCUT2D eigenvalue weighted by atomic mass is 19.2. The van der Waals surface area contributed by atoms with E-state index in [1.165, 1.54) is 20.8 Å². The number of rotatable bonds is 0. The predicted octanol–water partition coefficient (Wildman–Crippen LogP) is 5.06. The fraction of sp³-hybridized carbons (Fsp3) is 0.267. The highest BCUT2D eigenvalue weighted by Crippen LogP contribution is 2.48. The summed E-state index contributed by atoms with van der Waals surface area (Å²) in [4.78, 5) is 3.83. The summed E-state index contributed by atoms with van der Waals surface area (Å²) in [5.41, 5.74) is -1.48. The Labute approximate surface area is 121 Å². The van der Waals surface area contributed by atoms with Crippen molar-refractivity contribution in [2.24, 2.45) is 4.99 Å². The smallest absolute Gasteiger partial charge is 0.198 e. The maximum Gasteiger partial charge on any atom is 0.198 e. The molecule has 0 saturated heterocycles. The summed E-state index contributed by atoms with van der Waals surface area (Å²) in [6.07, 6.45) is 0. The Balaban J connectivity index is 2.68. The Morgan fingerprint density at radius 3 is 1.68 bits per heavy atom. The van der Waals surface area contributed by atoms with E-state index in [1.54, 1.807) is 0 Å². The molecule has 0 saturated carbocycles. The van der Waals surface area contributed by atoms with Gasteiger partial charge in [0.1, 0.15) is 5.69 Å². The summed E-state index contributed by atoms with van der Waals surface area (Å²) in [5, 5.41) is -2.07. The third-order valence-corrected chi connectivity index (χ3v) is 4.18. The standard InChI is InChI=1S/C15H9F6N/c1-4-15(2,3)7-5-6(10(18)13(21)14(7)22-4)9(17)12(20)11(19)8(5)16/h1-3H3. The van der Waals surface area contributed by atoms with Crippen molar-refractivity contribution in [3.8, 4) is 0 Å². The monoisotopic (exact) mass is 317 g/mol. The van der Waals surface area contributed by atoms with E-state index in [0.29, 0.717) is 5.71 Å². The second-order valence-electron chi connectivity index (χ2n) is 5.68. The molecule has 3 rings (SSSR count). The summed E-state index contributed by atoms with van der Waals surface area (Å²) < 4.78 is 83.1. The van der Waals surface area contributed by atoms with Crippen molar-refractivity contribution in [1.29, 1.82) is 0 Å². The Hall–Kier alpha value is -2.05. The minimum absolute atomic E-state index is 0.200. The van der Waals surface area contributed by atoms with Crippen LogP contribution in [-0.2, 0) is 5.41 Å². The lowest BCUT2D eigenvalue weighted by Crippen LogP contribution is -2.24. The minimum Gasteiger partial charge on any atom is -0.254 e. The van der Waals surface area contributed by atoms with Crippen LogP contribution in [0, 0.1) is 34.9 Å². The van der Waals surface area contributed by atoms with E-state index >= 15 is 0 Å². The summed E-state index contributed by atoms with van der Waals surface area (Å²) in [5.74, 6) is -11.3. The molecule has 1 nitrogen and oxygen atoms in total. The van der Waals surface area contributed by atoms with Gasteiger partial charge < -0.3 is 0 Å². The third kappa shape index (κ3) is 1.54. The molecule has 0 aromatic heterocycles. The van der Waals surface area contributed by atoms with Gasteiger partial charge in [-0.2, -0.15) is 0 Å². The van der Waals surface area contributed by atoms with Crippen molar-refractivity contribution >= 4 is 22.2 Å². The largest absolute Gasteiger partial charge is 0.254 e. The molecule has 22 heavy (non-hydrogen) atoms. The van der Waals surface area contributed by atoms with Gasteiger partial charge in [0.2, 0.25) is 0 Å². The first-order valence-electron chi connectivity index (χ1n) is 6.33. The highest BCUT2D eigenvalue weighted by molar-refractivity contribution is 6.06. The molecule has 0 spiro atoms. The van der Waals surface area contributed by atoms with Crippen molar-refractivity contribution in [2.45, 2.75) is 26.2 Å². The number of nitrogens with zero attached hydrogens (tertiary/aromatic N) is 1. The van der Waals surface area contributed by atoms with Gasteiger partial charge in [0.05, 0.1) is 5.39 Å². The Kier molecular flexibility index (Phi) is 2.87. The lowest BCUT2D eigenvalue weighted by atomic mass is 9.79. The lowest BCUT2D eigenvalue weighted by Gasteiger charge is -2.23. The predicted molar refractivity (Wildman–Crippen MR) is 69.5 cm³/mol. The molecular formula is C15H9F6N. The van der Waals surface area contributed by atoms with Crippen LogP contribution in [0.2, 0.25) is 0 Å². The molecule has 0 bridgehead atoms. The maximum atomic E-state index is 14.2. The average Bonchev–Trinajstić information content (AvgIpc) is 2.69. The number of hydrogen-bond acceptors (Lipinski definition) is 1. The number of aliphatic imine (C=N–C) groups is 1. The third-order valence-electron chi connectivity index (χ3n) is 4.18. The average molecular weight is 317 g/mol. The van der Waals surface area contributed by atoms with Gasteiger partial charge in [0, 0.05) is 22.1 Å². The zero-order valence-corrected chi connectivity index (χ0v) is 11.7. The van der Waals surface area contributed by atoms with Crippen LogP contribution in [-0.4, -0.2) is 5.71 Å². The second-order valence-corrected chi connectivity index (χ2v) is 5.68. The van der Waals surface area contributed by atoms with E-state index in [0.717, 1.165) is 0 Å². The molecule has 2 aromatic rings. The molecule has 0 unspecified atom stereocenters. The maximum absolute atomic E-state index is 14.2. The van der Waals surface area contributed by atoms with Gasteiger partial charge in [0.25, 0.3) is 0 Å². The molecule has 2 aromatic carbocycles. The summed E-state index contributed by atoms with van der Waals surface area (Å²) in [6.45, 7) is 4.54. The molecule has 0 N–H and O–H groups in total. The fourth-order valence-corrected chi connectivity index (χ4v) is 2.72. The molecule has 1 aliphatic heterocycles. The number of benzene rings is 2. The van der Waals surface area contributed by atoms with E-state index in [4.69, 9.17) is 0 Å². The molecule has 116 valence electrons. The van der Waals surface area contributed by atoms with E-state index in [2.05, 4.69) is 4.99 Å². The molecule has 0 radical (unpaired) electrons. The first-order chi connectivity index (χ1) is 10.1. The van der Waals surface area contributed by atoms with E-state index in [1.807, 2.05) is 0 Å². The van der Waals surface area contributed by atoms with Crippen LogP contribution in [0.3, 0.4) is 0 Å². The van der Waals surface area contributed by atoms with Gasteiger partial charge >= 0.3 is 0 Å². The molecule has 0 amide bonds. The second kappa shape index (κ2) is 4.24. The van der Waals surface area contributed by atoms with Crippen molar-refractivity contribution in [3.05, 3.63) is 40.5 Å². The van der Waals surface area contributed by atoms with Gasteiger partial charge in [-0.05, 0) is 6.92 Å². The molecule has 1 aliphatic rings. The molecular weight excluding hydrogens is 308 g/mol. The normalized spacial score (nSPS) is 16.1. The fourth-order valence-electron chi connectivity index (χ4n) is 2.72. The van der Waals surface area contributed by atoms with Crippen LogP contribution in [0.15, 0.2) is 4.99 Å². The number of fused-ring (bicyclic) bond motifs is 3. The van der Waals surface area contributed by atoms with Crippen molar-refractivity contribution in [3.63, 3.8) is 0 Å². The Morgan fingerprint density at radius 2 is 1.14 bits per heavy atom. The van der Waals surface area contributed by atoms with E-state index in [9.17, 15) is 26.3 Å². The molecule has 7 heteroatoms. The molecule has 1 heterocycles. The quantitative estimate of drug-likeness (QED) is 0.366. The van der Waals surface area contributed by atoms with Crippen LogP contribution in [0.4, 0.5) is 32.0 Å². The van der Waals surface area contributed by atoms with Crippen LogP contribution in [0.5, 0.6) is 0 Å². The first kappa shape index (κ1) is 14.9.